The van der Waals surface area contributed by atoms with Crippen LogP contribution in [0.1, 0.15) is 51.5 Å². The van der Waals surface area contributed by atoms with E-state index < -0.39 is 0 Å². The molecule has 0 saturated heterocycles. The van der Waals surface area contributed by atoms with E-state index in [-0.39, 0.29) is 11.9 Å². The number of hydrogen-bond acceptors (Lipinski definition) is 5. The molecular formula is C18H27N5OS. The quantitative estimate of drug-likeness (QED) is 0.518. The summed E-state index contributed by atoms with van der Waals surface area (Å²) in [6.45, 7) is 6.30. The van der Waals surface area contributed by atoms with Crippen molar-refractivity contribution in [2.24, 2.45) is 0 Å². The zero-order valence-electron chi connectivity index (χ0n) is 15.2. The minimum Gasteiger partial charge on any atom is -0.353 e. The fraction of sp³-hybridized carbons (Fsp3) is 0.556. The second-order valence-corrected chi connectivity index (χ2v) is 7.26. The highest BCUT2D eigenvalue weighted by molar-refractivity contribution is 7.99. The van der Waals surface area contributed by atoms with E-state index >= 15 is 0 Å². The van der Waals surface area contributed by atoms with E-state index in [0.717, 1.165) is 18.5 Å². The Morgan fingerprint density at radius 1 is 1.24 bits per heavy atom. The predicted octanol–water partition coefficient (Wildman–Crippen LogP) is 3.54. The Morgan fingerprint density at radius 3 is 2.72 bits per heavy atom. The van der Waals surface area contributed by atoms with Crippen molar-refractivity contribution in [1.82, 2.24) is 25.5 Å². The van der Waals surface area contributed by atoms with Gasteiger partial charge in [-0.2, -0.15) is 4.68 Å². The fourth-order valence-electron chi connectivity index (χ4n) is 2.51. The van der Waals surface area contributed by atoms with Crippen LogP contribution < -0.4 is 5.32 Å². The van der Waals surface area contributed by atoms with Crippen LogP contribution in [0.5, 0.6) is 0 Å². The van der Waals surface area contributed by atoms with Crippen LogP contribution in [0.25, 0.3) is 5.69 Å². The SMILES string of the molecule is CCCCCC[C@H](C)NC(=O)CSc1nnnn1-c1ccc(C)cc1. The Kier molecular flexibility index (Phi) is 7.91. The van der Waals surface area contributed by atoms with E-state index in [1.54, 1.807) is 4.68 Å². The van der Waals surface area contributed by atoms with E-state index in [2.05, 4.69) is 34.7 Å². The van der Waals surface area contributed by atoms with Crippen LogP contribution in [0.2, 0.25) is 0 Å². The lowest BCUT2D eigenvalue weighted by molar-refractivity contribution is -0.119. The molecule has 0 aliphatic rings. The minimum absolute atomic E-state index is 0.0199. The second-order valence-electron chi connectivity index (χ2n) is 6.32. The summed E-state index contributed by atoms with van der Waals surface area (Å²) in [6, 6.07) is 8.16. The Balaban J connectivity index is 1.80. The zero-order chi connectivity index (χ0) is 18.1. The molecule has 2 rings (SSSR count). The molecule has 1 aromatic carbocycles. The number of aromatic nitrogens is 4. The molecule has 6 nitrogen and oxygen atoms in total. The molecule has 7 heteroatoms. The topological polar surface area (TPSA) is 72.7 Å². The van der Waals surface area contributed by atoms with Gasteiger partial charge in [-0.15, -0.1) is 5.10 Å². The summed E-state index contributed by atoms with van der Waals surface area (Å²) in [4.78, 5) is 12.1. The van der Waals surface area contributed by atoms with Crippen LogP contribution in [0.4, 0.5) is 0 Å². The van der Waals surface area contributed by atoms with Gasteiger partial charge in [-0.3, -0.25) is 4.79 Å². The summed E-state index contributed by atoms with van der Waals surface area (Å²) >= 11 is 1.35. The number of tetrazole rings is 1. The van der Waals surface area contributed by atoms with Gasteiger partial charge in [0.25, 0.3) is 0 Å². The van der Waals surface area contributed by atoms with Crippen LogP contribution >= 0.6 is 11.8 Å². The molecule has 0 aliphatic carbocycles. The highest BCUT2D eigenvalue weighted by Crippen LogP contribution is 2.18. The summed E-state index contributed by atoms with van der Waals surface area (Å²) in [5.41, 5.74) is 2.07. The molecule has 0 unspecified atom stereocenters. The number of amides is 1. The normalized spacial score (nSPS) is 12.1. The van der Waals surface area contributed by atoms with Gasteiger partial charge in [-0.25, -0.2) is 0 Å². The van der Waals surface area contributed by atoms with Crippen molar-refractivity contribution in [3.05, 3.63) is 29.8 Å². The molecule has 136 valence electrons. The molecule has 1 heterocycles. The van der Waals surface area contributed by atoms with Crippen LogP contribution in [0, 0.1) is 6.92 Å². The summed E-state index contributed by atoms with van der Waals surface area (Å²) in [6.07, 6.45) is 5.91. The number of nitrogens with one attached hydrogen (secondary N) is 1. The third-order valence-electron chi connectivity index (χ3n) is 3.95. The highest BCUT2D eigenvalue weighted by Gasteiger charge is 2.13. The maximum atomic E-state index is 12.1. The average molecular weight is 362 g/mol. The first kappa shape index (κ1) is 19.4. The predicted molar refractivity (Wildman–Crippen MR) is 101 cm³/mol. The van der Waals surface area contributed by atoms with Crippen molar-refractivity contribution in [2.45, 2.75) is 64.1 Å². The van der Waals surface area contributed by atoms with Crippen molar-refractivity contribution in [3.8, 4) is 5.69 Å². The molecule has 1 atom stereocenters. The molecule has 0 bridgehead atoms. The van der Waals surface area contributed by atoms with E-state index in [9.17, 15) is 4.79 Å². The molecule has 0 saturated carbocycles. The molecule has 0 aliphatic heterocycles. The number of thioether (sulfide) groups is 1. The molecule has 1 N–H and O–H groups in total. The largest absolute Gasteiger partial charge is 0.353 e. The fourth-order valence-corrected chi connectivity index (χ4v) is 3.21. The monoisotopic (exact) mass is 361 g/mol. The van der Waals surface area contributed by atoms with Crippen molar-refractivity contribution < 1.29 is 4.79 Å². The number of carbonyl (C=O) groups excluding carboxylic acids is 1. The first-order valence-electron chi connectivity index (χ1n) is 8.87. The number of rotatable bonds is 10. The number of unbranched alkanes of at least 4 members (excludes halogenated alkanes) is 3. The van der Waals surface area contributed by atoms with E-state index in [1.165, 1.54) is 36.6 Å². The number of carbonyl (C=O) groups is 1. The Labute approximate surface area is 153 Å². The van der Waals surface area contributed by atoms with Crippen LogP contribution in [0.3, 0.4) is 0 Å². The van der Waals surface area contributed by atoms with Gasteiger partial charge < -0.3 is 5.32 Å². The van der Waals surface area contributed by atoms with Crippen molar-refractivity contribution in [1.29, 1.82) is 0 Å². The lowest BCUT2D eigenvalue weighted by Crippen LogP contribution is -2.33. The molecule has 1 aromatic heterocycles. The summed E-state index contributed by atoms with van der Waals surface area (Å²) in [5, 5.41) is 15.4. The van der Waals surface area contributed by atoms with E-state index in [4.69, 9.17) is 0 Å². The van der Waals surface area contributed by atoms with Crippen LogP contribution in [0.15, 0.2) is 29.4 Å². The van der Waals surface area contributed by atoms with Crippen molar-refractivity contribution in [3.63, 3.8) is 0 Å². The highest BCUT2D eigenvalue weighted by atomic mass is 32.2. The molecular weight excluding hydrogens is 334 g/mol. The molecule has 0 fully saturated rings. The molecule has 25 heavy (non-hydrogen) atoms. The number of hydrogen-bond donors (Lipinski definition) is 1. The number of nitrogens with zero attached hydrogens (tertiary/aromatic N) is 4. The van der Waals surface area contributed by atoms with Crippen LogP contribution in [-0.2, 0) is 4.79 Å². The van der Waals surface area contributed by atoms with Gasteiger partial charge in [0, 0.05) is 6.04 Å². The van der Waals surface area contributed by atoms with E-state index in [0.29, 0.717) is 10.9 Å². The number of benzene rings is 1. The molecule has 0 spiro atoms. The van der Waals surface area contributed by atoms with Crippen molar-refractivity contribution >= 4 is 17.7 Å². The Morgan fingerprint density at radius 2 is 2.00 bits per heavy atom. The standard InChI is InChI=1S/C18H27N5OS/c1-4-5-6-7-8-15(3)19-17(24)13-25-18-20-21-22-23(18)16-11-9-14(2)10-12-16/h9-12,15H,4-8,13H2,1-3H3,(H,19,24)/t15-/m0/s1. The minimum atomic E-state index is 0.0199. The molecule has 0 radical (unpaired) electrons. The summed E-state index contributed by atoms with van der Waals surface area (Å²) in [7, 11) is 0. The lowest BCUT2D eigenvalue weighted by atomic mass is 10.1. The van der Waals surface area contributed by atoms with E-state index in [1.807, 2.05) is 31.2 Å². The van der Waals surface area contributed by atoms with Gasteiger partial charge in [0.1, 0.15) is 0 Å². The molecule has 1 amide bonds. The van der Waals surface area contributed by atoms with Gasteiger partial charge in [0.05, 0.1) is 11.4 Å². The lowest BCUT2D eigenvalue weighted by Gasteiger charge is -2.13. The maximum Gasteiger partial charge on any atom is 0.230 e. The zero-order valence-corrected chi connectivity index (χ0v) is 16.1. The average Bonchev–Trinajstić information content (AvgIpc) is 3.06. The van der Waals surface area contributed by atoms with Gasteiger partial charge in [0.15, 0.2) is 0 Å². The first-order chi connectivity index (χ1) is 12.1. The van der Waals surface area contributed by atoms with Gasteiger partial charge >= 0.3 is 0 Å². The van der Waals surface area contributed by atoms with Gasteiger partial charge in [0.2, 0.25) is 11.1 Å². The van der Waals surface area contributed by atoms with Gasteiger partial charge in [-0.05, 0) is 42.8 Å². The number of aryl methyl sites for hydroxylation is 1. The summed E-state index contributed by atoms with van der Waals surface area (Å²) < 4.78 is 1.66. The van der Waals surface area contributed by atoms with Crippen LogP contribution in [-0.4, -0.2) is 37.9 Å². The third kappa shape index (κ3) is 6.49. The maximum absolute atomic E-state index is 12.1. The van der Waals surface area contributed by atoms with Crippen molar-refractivity contribution in [2.75, 3.05) is 5.75 Å². The Bertz CT molecular complexity index is 656. The third-order valence-corrected chi connectivity index (χ3v) is 4.87. The van der Waals surface area contributed by atoms with Gasteiger partial charge in [-0.1, -0.05) is 62.1 Å². The molecule has 2 aromatic rings. The Hall–Kier alpha value is -1.89. The summed E-state index contributed by atoms with van der Waals surface area (Å²) in [5.74, 6) is 0.331. The smallest absolute Gasteiger partial charge is 0.230 e. The second kappa shape index (κ2) is 10.2. The first-order valence-corrected chi connectivity index (χ1v) is 9.86.